The van der Waals surface area contributed by atoms with Crippen molar-refractivity contribution < 1.29 is 22.7 Å². The van der Waals surface area contributed by atoms with Crippen molar-refractivity contribution in [2.45, 2.75) is 58.0 Å². The molecule has 0 saturated carbocycles. The van der Waals surface area contributed by atoms with E-state index >= 15 is 0 Å². The van der Waals surface area contributed by atoms with Crippen molar-refractivity contribution in [1.29, 1.82) is 0 Å². The fraction of sp³-hybridized carbons (Fsp3) is 0.538. The summed E-state index contributed by atoms with van der Waals surface area (Å²) in [5.41, 5.74) is 1.67. The number of carbonyl (C=O) groups is 2. The van der Waals surface area contributed by atoms with Gasteiger partial charge in [0.1, 0.15) is 5.00 Å². The van der Waals surface area contributed by atoms with Crippen molar-refractivity contribution in [1.82, 2.24) is 9.21 Å². The third-order valence-electron chi connectivity index (χ3n) is 7.02. The summed E-state index contributed by atoms with van der Waals surface area (Å²) in [4.78, 5) is 29.2. The van der Waals surface area contributed by atoms with Crippen LogP contribution in [0.1, 0.15) is 65.3 Å². The minimum Gasteiger partial charge on any atom is -0.465 e. The summed E-state index contributed by atoms with van der Waals surface area (Å²) in [6.45, 7) is 11.0. The molecule has 2 aliphatic heterocycles. The van der Waals surface area contributed by atoms with E-state index in [1.807, 2.05) is 0 Å². The fourth-order valence-electron chi connectivity index (χ4n) is 5.17. The Hall–Kier alpha value is -2.27. The second-order valence-electron chi connectivity index (χ2n) is 10.3. The number of benzene rings is 1. The van der Waals surface area contributed by atoms with Crippen LogP contribution in [0.15, 0.2) is 29.2 Å². The second kappa shape index (κ2) is 10.6. The first-order valence-corrected chi connectivity index (χ1v) is 14.6. The molecule has 0 spiro atoms. The average Bonchev–Trinajstić information content (AvgIpc) is 3.19. The molecule has 0 aliphatic carbocycles. The largest absolute Gasteiger partial charge is 0.465 e. The Morgan fingerprint density at radius 3 is 2.33 bits per heavy atom. The van der Waals surface area contributed by atoms with Crippen LogP contribution in [0.5, 0.6) is 0 Å². The van der Waals surface area contributed by atoms with Crippen molar-refractivity contribution in [3.63, 3.8) is 0 Å². The normalized spacial score (nSPS) is 21.3. The Bertz CT molecular complexity index is 1230. The van der Waals surface area contributed by atoms with E-state index in [4.69, 9.17) is 4.74 Å². The van der Waals surface area contributed by atoms with E-state index in [1.54, 1.807) is 4.31 Å². The van der Waals surface area contributed by atoms with Crippen molar-refractivity contribution >= 4 is 38.2 Å². The van der Waals surface area contributed by atoms with Crippen LogP contribution < -0.4 is 5.32 Å². The summed E-state index contributed by atoms with van der Waals surface area (Å²) in [5.74, 6) is -0.250. The highest BCUT2D eigenvalue weighted by Crippen LogP contribution is 2.38. The van der Waals surface area contributed by atoms with E-state index in [-0.39, 0.29) is 4.90 Å². The molecule has 1 aromatic heterocycles. The average molecular weight is 534 g/mol. The van der Waals surface area contributed by atoms with Gasteiger partial charge < -0.3 is 10.1 Å². The standard InChI is InChI=1S/C26H35N3O5S2/c1-16(2)28-11-10-21-22(15-28)35-25(23(21)26(31)34-5)27-24(30)19-6-8-20(9-7-19)36(32,33)29-13-17(3)12-18(4)14-29/h6-9,16-18H,10-15H2,1-5H3,(H,27,30)/t17-,18-/m1/s1. The number of anilines is 1. The molecular weight excluding hydrogens is 498 g/mol. The molecule has 0 bridgehead atoms. The summed E-state index contributed by atoms with van der Waals surface area (Å²) in [6, 6.07) is 6.38. The van der Waals surface area contributed by atoms with E-state index < -0.39 is 21.9 Å². The van der Waals surface area contributed by atoms with Gasteiger partial charge in [-0.3, -0.25) is 9.69 Å². The monoisotopic (exact) mass is 533 g/mol. The molecule has 2 aliphatic rings. The summed E-state index contributed by atoms with van der Waals surface area (Å²) >= 11 is 1.40. The number of methoxy groups -OCH3 is 1. The molecule has 4 rings (SSSR count). The van der Waals surface area contributed by atoms with Crippen LogP contribution >= 0.6 is 11.3 Å². The van der Waals surface area contributed by atoms with Crippen LogP contribution in [-0.2, 0) is 27.7 Å². The Balaban J connectivity index is 1.54. The number of esters is 1. The predicted octanol–water partition coefficient (Wildman–Crippen LogP) is 4.22. The summed E-state index contributed by atoms with van der Waals surface area (Å²) in [7, 11) is -2.29. The predicted molar refractivity (Wildman–Crippen MR) is 141 cm³/mol. The summed E-state index contributed by atoms with van der Waals surface area (Å²) < 4.78 is 32.9. The molecule has 2 aromatic rings. The Morgan fingerprint density at radius 1 is 1.11 bits per heavy atom. The van der Waals surface area contributed by atoms with Gasteiger partial charge in [0, 0.05) is 42.7 Å². The molecule has 1 fully saturated rings. The summed E-state index contributed by atoms with van der Waals surface area (Å²) in [5, 5.41) is 3.34. The number of rotatable bonds is 6. The van der Waals surface area contributed by atoms with Crippen LogP contribution in [0, 0.1) is 11.8 Å². The first kappa shape index (κ1) is 26.8. The maximum absolute atomic E-state index is 13.2. The van der Waals surface area contributed by atoms with Crippen LogP contribution in [0.2, 0.25) is 0 Å². The minimum absolute atomic E-state index is 0.177. The van der Waals surface area contributed by atoms with E-state index in [2.05, 4.69) is 37.9 Å². The summed E-state index contributed by atoms with van der Waals surface area (Å²) in [6.07, 6.45) is 1.73. The lowest BCUT2D eigenvalue weighted by Crippen LogP contribution is -2.42. The number of thiophene rings is 1. The van der Waals surface area contributed by atoms with Gasteiger partial charge in [0.25, 0.3) is 5.91 Å². The highest BCUT2D eigenvalue weighted by molar-refractivity contribution is 7.89. The number of hydrogen-bond acceptors (Lipinski definition) is 7. The molecule has 36 heavy (non-hydrogen) atoms. The molecule has 2 atom stereocenters. The number of piperidine rings is 1. The number of fused-ring (bicyclic) bond motifs is 1. The number of hydrogen-bond donors (Lipinski definition) is 1. The number of amides is 1. The first-order chi connectivity index (χ1) is 17.0. The number of nitrogens with zero attached hydrogens (tertiary/aromatic N) is 2. The smallest absolute Gasteiger partial charge is 0.341 e. The molecule has 1 amide bonds. The lowest BCUT2D eigenvalue weighted by molar-refractivity contribution is 0.0600. The molecule has 0 unspecified atom stereocenters. The maximum Gasteiger partial charge on any atom is 0.341 e. The van der Waals surface area contributed by atoms with Gasteiger partial charge in [-0.2, -0.15) is 4.31 Å². The number of nitrogens with one attached hydrogen (secondary N) is 1. The van der Waals surface area contributed by atoms with Gasteiger partial charge in [0.15, 0.2) is 0 Å². The van der Waals surface area contributed by atoms with Crippen molar-refractivity contribution in [2.24, 2.45) is 11.8 Å². The van der Waals surface area contributed by atoms with Crippen molar-refractivity contribution in [2.75, 3.05) is 32.1 Å². The zero-order valence-corrected chi connectivity index (χ0v) is 23.2. The van der Waals surface area contributed by atoms with Gasteiger partial charge in [0.05, 0.1) is 17.6 Å². The van der Waals surface area contributed by atoms with Gasteiger partial charge in [-0.15, -0.1) is 11.3 Å². The zero-order valence-electron chi connectivity index (χ0n) is 21.5. The molecule has 8 nitrogen and oxygen atoms in total. The van der Waals surface area contributed by atoms with E-state index in [0.29, 0.717) is 53.5 Å². The van der Waals surface area contributed by atoms with E-state index in [1.165, 1.54) is 42.7 Å². The van der Waals surface area contributed by atoms with Crippen LogP contribution in [0.3, 0.4) is 0 Å². The molecule has 1 N–H and O–H groups in total. The lowest BCUT2D eigenvalue weighted by atomic mass is 9.94. The van der Waals surface area contributed by atoms with E-state index in [9.17, 15) is 18.0 Å². The first-order valence-electron chi connectivity index (χ1n) is 12.4. The molecule has 1 saturated heterocycles. The van der Waals surface area contributed by atoms with Crippen LogP contribution in [0.25, 0.3) is 0 Å². The van der Waals surface area contributed by atoms with Gasteiger partial charge in [-0.1, -0.05) is 13.8 Å². The highest BCUT2D eigenvalue weighted by atomic mass is 32.2. The van der Waals surface area contributed by atoms with Gasteiger partial charge in [0.2, 0.25) is 10.0 Å². The third-order valence-corrected chi connectivity index (χ3v) is 10.0. The van der Waals surface area contributed by atoms with Gasteiger partial charge in [-0.25, -0.2) is 13.2 Å². The maximum atomic E-state index is 13.2. The van der Waals surface area contributed by atoms with Gasteiger partial charge in [-0.05, 0) is 68.4 Å². The van der Waals surface area contributed by atoms with E-state index in [0.717, 1.165) is 30.0 Å². The Morgan fingerprint density at radius 2 is 1.75 bits per heavy atom. The topological polar surface area (TPSA) is 96.0 Å². The Labute approximate surface area is 217 Å². The molecule has 0 radical (unpaired) electrons. The molecular formula is C26H35N3O5S2. The molecule has 3 heterocycles. The van der Waals surface area contributed by atoms with Crippen molar-refractivity contribution in [3.8, 4) is 0 Å². The number of ether oxygens (including phenoxy) is 1. The Kier molecular flexibility index (Phi) is 7.89. The SMILES string of the molecule is COC(=O)c1c(NC(=O)c2ccc(S(=O)(=O)N3C[C@H](C)C[C@@H](C)C3)cc2)sc2c1CCN(C(C)C)C2. The second-order valence-corrected chi connectivity index (χ2v) is 13.3. The van der Waals surface area contributed by atoms with Crippen LogP contribution in [0.4, 0.5) is 5.00 Å². The number of carbonyl (C=O) groups excluding carboxylic acids is 2. The molecule has 1 aromatic carbocycles. The zero-order chi connectivity index (χ0) is 26.2. The van der Waals surface area contributed by atoms with Gasteiger partial charge >= 0.3 is 5.97 Å². The molecule has 10 heteroatoms. The van der Waals surface area contributed by atoms with Crippen molar-refractivity contribution in [3.05, 3.63) is 45.8 Å². The quantitative estimate of drug-likeness (QED) is 0.559. The number of sulfonamides is 1. The van der Waals surface area contributed by atoms with Crippen LogP contribution in [-0.4, -0.2) is 62.3 Å². The highest BCUT2D eigenvalue weighted by Gasteiger charge is 2.32. The lowest BCUT2D eigenvalue weighted by Gasteiger charge is -2.34. The fourth-order valence-corrected chi connectivity index (χ4v) is 8.11. The molecule has 196 valence electrons. The minimum atomic E-state index is -3.63. The third kappa shape index (κ3) is 5.37.